The minimum absolute atomic E-state index is 0. The summed E-state index contributed by atoms with van der Waals surface area (Å²) in [5.41, 5.74) is 1.70. The normalized spacial score (nSPS) is 16.5. The van der Waals surface area contributed by atoms with E-state index >= 15 is 0 Å². The average molecular weight is 1600 g/mol. The van der Waals surface area contributed by atoms with Gasteiger partial charge in [0.15, 0.2) is 0 Å². The molecule has 0 unspecified atom stereocenters. The number of para-hydroxylation sites is 4. The Morgan fingerprint density at radius 3 is 1.37 bits per heavy atom. The molecular formula is C94H69N5O3PtSi2-2. The number of hydrogen-bond acceptors (Lipinski definition) is 4. The van der Waals surface area contributed by atoms with Gasteiger partial charge in [0.05, 0.1) is 70.0 Å². The Bertz CT molecular complexity index is 7650. The van der Waals surface area contributed by atoms with E-state index in [9.17, 15) is 35.6 Å². The number of pyridine rings is 1. The number of ether oxygens (including phenoxy) is 1. The molecule has 18 aromatic rings. The Balaban J connectivity index is 0.0000135. The van der Waals surface area contributed by atoms with E-state index in [1.54, 1.807) is 12.3 Å². The van der Waals surface area contributed by atoms with Gasteiger partial charge in [-0.05, 0) is 119 Å². The molecule has 4 heterocycles. The zero-order valence-corrected chi connectivity index (χ0v) is 59.5. The second-order valence-corrected chi connectivity index (χ2v) is 30.9. The Morgan fingerprint density at radius 2 is 0.876 bits per heavy atom. The quantitative estimate of drug-likeness (QED) is 0.0394. The van der Waals surface area contributed by atoms with Gasteiger partial charge in [-0.3, -0.25) is 4.57 Å². The van der Waals surface area contributed by atoms with Crippen LogP contribution in [-0.2, 0) is 26.5 Å². The topological polar surface area (TPSA) is 59.2 Å². The van der Waals surface area contributed by atoms with E-state index in [0.29, 0.717) is 22.4 Å². The summed E-state index contributed by atoms with van der Waals surface area (Å²) in [6, 6.07) is 5.09. The van der Waals surface area contributed by atoms with Crippen molar-refractivity contribution in [3.05, 3.63) is 387 Å². The first-order valence-electron chi connectivity index (χ1n) is 49.9. The van der Waals surface area contributed by atoms with Crippen molar-refractivity contribution in [1.82, 2.24) is 18.7 Å². The van der Waals surface area contributed by atoms with E-state index in [2.05, 4.69) is 43.8 Å². The van der Waals surface area contributed by atoms with Crippen LogP contribution in [0.2, 0.25) is 0 Å². The molecule has 0 aliphatic rings. The second-order valence-electron chi connectivity index (χ2n) is 24.8. The van der Waals surface area contributed by atoms with E-state index in [-0.39, 0.29) is 60.3 Å². The number of fused-ring (bicyclic) bond motifs is 7. The van der Waals surface area contributed by atoms with Crippen molar-refractivity contribution in [3.63, 3.8) is 0 Å². The van der Waals surface area contributed by atoms with Crippen molar-refractivity contribution < 1.29 is 87.2 Å². The molecule has 0 fully saturated rings. The van der Waals surface area contributed by atoms with Crippen LogP contribution >= 0.6 is 0 Å². The molecule has 4 aromatic heterocycles. The summed E-state index contributed by atoms with van der Waals surface area (Å²) < 4.78 is 362. The predicted octanol–water partition coefficient (Wildman–Crippen LogP) is 17.7. The number of rotatable bonds is 17. The molecular weight excluding hydrogens is 1500 g/mol. The maximum absolute atomic E-state index is 10.1. The number of aromatic nitrogens is 5. The largest absolute Gasteiger partial charge is 0.533 e. The molecule has 0 saturated heterocycles. The number of imidazole rings is 1. The molecule has 0 aliphatic carbocycles. The average Bonchev–Trinajstić information content (AvgIpc) is 1.13. The van der Waals surface area contributed by atoms with Gasteiger partial charge in [0.1, 0.15) is 23.0 Å². The molecule has 0 saturated carbocycles. The molecule has 0 radical (unpaired) electrons. The summed E-state index contributed by atoms with van der Waals surface area (Å²) >= 11 is 0. The molecule has 0 amide bonds. The van der Waals surface area contributed by atoms with Crippen molar-refractivity contribution in [2.45, 2.75) is 26.2 Å². The second kappa shape index (κ2) is 27.5. The van der Waals surface area contributed by atoms with Crippen LogP contribution in [0.15, 0.2) is 363 Å². The van der Waals surface area contributed by atoms with Crippen molar-refractivity contribution >= 4 is 102 Å². The molecule has 0 spiro atoms. The Labute approximate surface area is 676 Å². The van der Waals surface area contributed by atoms with E-state index < -0.39 is 282 Å². The van der Waals surface area contributed by atoms with Crippen molar-refractivity contribution in [2.24, 2.45) is 0 Å². The minimum Gasteiger partial charge on any atom is -0.533 e. The van der Waals surface area contributed by atoms with Gasteiger partial charge in [0.25, 0.3) is 6.33 Å². The molecule has 0 aliphatic heterocycles. The fraction of sp³-hybridized carbons (Fsp3) is 0.0426. The zero-order valence-electron chi connectivity index (χ0n) is 90.2. The van der Waals surface area contributed by atoms with Crippen LogP contribution < -0.4 is 49.3 Å². The van der Waals surface area contributed by atoms with Gasteiger partial charge in [-0.1, -0.05) is 316 Å². The van der Waals surface area contributed by atoms with Gasteiger partial charge in [0.2, 0.25) is 0 Å². The minimum atomic E-state index is -6.79. The fourth-order valence-electron chi connectivity index (χ4n) is 13.2. The SMILES string of the molecule is [2H]c1c([2H])c([2H])c(-c2ccc3c(c2)n(-c2[c-]c(Oc4[c-]c5c(c(-n6c7ccccc7c7ccccc76)c4)c4ccccc4n5-c4cc(C(C)(C)C)ccn4)ccc2)[c-][n+]3-c2c(O[Si](c3c([2H])c([2H])c([2H])c([2H])c3[2H])(c3c([2H])c([2H])c([2H])c([2H])c3[2H])c3c([2H])c([2H])c([2H])c([2H])c3[2H])cccc2O[Si](c2c([2H])c([2H])c([2H])c([2H])c2[2H])(c2c([2H])c([2H])c([2H])c([2H])c2[2H])c2c([2H])c([2H])c([2H])c([2H])c2[2H])c([2H])c1[2H].[Pt]. The third-order valence-electron chi connectivity index (χ3n) is 17.8. The van der Waals surface area contributed by atoms with Crippen LogP contribution in [0.5, 0.6) is 23.0 Å². The van der Waals surface area contributed by atoms with Crippen LogP contribution in [0, 0.1) is 18.5 Å². The first-order chi connectivity index (χ1) is 65.7. The van der Waals surface area contributed by atoms with Gasteiger partial charge < -0.3 is 27.3 Å². The van der Waals surface area contributed by atoms with Crippen LogP contribution in [0.4, 0.5) is 0 Å². The molecule has 14 aromatic carbocycles. The Hall–Kier alpha value is -12.2. The third kappa shape index (κ3) is 11.7. The predicted molar refractivity (Wildman–Crippen MR) is 428 cm³/mol. The number of hydrogen-bond donors (Lipinski definition) is 0. The standard InChI is InChI=1S/C94H69N5O3Si2.Pt/c1-94(2,3)69-59-60-95-91(62-69)99-84-54-30-27-51-81(84)92-87(98-82-52-28-25-49-79(82)80-50-26-29-53-83(80)98)64-72(65-88(92)99)100-71-36-31-35-70(63-71)96-66-97(85-58-57-68(61-86(85)96)67-33-11-4-12-34-67)93-89(101-103(73-37-13-5-14-38-73,74-39-15-6-16-40-74)75-41-17-7-18-42-75)55-32-56-90(93)102-104(76-43-19-8-20-44-76,77-45-21-9-22-46-77)78-47-23-10-24-48-78;/h4-62,64H,1-3H3;/q-2;/i4D,5D,6D,7D,8D,9D,10D,11D,12D,13D,14D,15D,16D,17D,18D,19D,20D,21D,22D,23D,24D,33D,34D,37D,38D,39D,40D,41D,42D,43D,44D,45D,46D,47D,48D;. The summed E-state index contributed by atoms with van der Waals surface area (Å²) in [5, 5.41) is -4.08. The van der Waals surface area contributed by atoms with E-state index in [1.807, 2.05) is 89.5 Å². The Kier molecular flexibility index (Phi) is 9.93. The van der Waals surface area contributed by atoms with Gasteiger partial charge in [0, 0.05) is 55.1 Å². The maximum atomic E-state index is 10.1. The first kappa shape index (κ1) is 37.8. The number of nitrogens with zero attached hydrogens (tertiary/aromatic N) is 5. The number of benzene rings is 14. The van der Waals surface area contributed by atoms with Crippen molar-refractivity contribution in [3.8, 4) is 57.0 Å². The summed E-state index contributed by atoms with van der Waals surface area (Å²) in [6.07, 6.45) is 4.94. The maximum Gasteiger partial charge on any atom is 0.346 e. The molecule has 105 heavy (non-hydrogen) atoms. The summed E-state index contributed by atoms with van der Waals surface area (Å²) in [6.45, 7) is 6.21. The van der Waals surface area contributed by atoms with Crippen LogP contribution in [0.3, 0.4) is 0 Å². The molecule has 18 rings (SSSR count). The van der Waals surface area contributed by atoms with Crippen LogP contribution in [0.1, 0.15) is 74.3 Å². The fourth-order valence-corrected chi connectivity index (χ4v) is 19.2. The van der Waals surface area contributed by atoms with Gasteiger partial charge in [-0.15, -0.1) is 24.3 Å². The summed E-state index contributed by atoms with van der Waals surface area (Å²) in [7, 11) is -13.6. The monoisotopic (exact) mass is 1600 g/mol. The smallest absolute Gasteiger partial charge is 0.346 e. The van der Waals surface area contributed by atoms with E-state index in [0.717, 1.165) is 61.0 Å². The summed E-state index contributed by atoms with van der Waals surface area (Å²) in [5.74, 6) is -1.67. The van der Waals surface area contributed by atoms with Gasteiger partial charge >= 0.3 is 16.6 Å². The summed E-state index contributed by atoms with van der Waals surface area (Å²) in [4.78, 5) is 4.98. The molecule has 8 nitrogen and oxygen atoms in total. The van der Waals surface area contributed by atoms with E-state index in [4.69, 9.17) is 30.9 Å². The van der Waals surface area contributed by atoms with Gasteiger partial charge in [-0.25, -0.2) is 4.98 Å². The van der Waals surface area contributed by atoms with Gasteiger partial charge in [-0.2, -0.15) is 12.1 Å². The van der Waals surface area contributed by atoms with E-state index in [1.165, 1.54) is 41.0 Å². The van der Waals surface area contributed by atoms with Crippen LogP contribution in [0.25, 0.3) is 88.7 Å². The molecule has 0 N–H and O–H groups in total. The van der Waals surface area contributed by atoms with Crippen molar-refractivity contribution in [2.75, 3.05) is 0 Å². The van der Waals surface area contributed by atoms with Crippen molar-refractivity contribution in [1.29, 1.82) is 0 Å². The first-order valence-corrected chi connectivity index (χ1v) is 36.2. The molecule has 0 atom stereocenters. The zero-order chi connectivity index (χ0) is 100. The third-order valence-corrected chi connectivity index (χ3v) is 24.6. The Morgan fingerprint density at radius 1 is 0.419 bits per heavy atom. The molecule has 11 heteroatoms. The molecule has 508 valence electrons. The molecule has 0 bridgehead atoms. The van der Waals surface area contributed by atoms with Crippen LogP contribution in [-0.4, -0.2) is 35.3 Å².